The lowest BCUT2D eigenvalue weighted by Crippen LogP contribution is -2.47. The zero-order valence-electron chi connectivity index (χ0n) is 17.5. The van der Waals surface area contributed by atoms with E-state index in [0.717, 1.165) is 43.9 Å². The van der Waals surface area contributed by atoms with Gasteiger partial charge in [-0.15, -0.1) is 0 Å². The molecular formula is C24H25Cl2N3O2. The third-order valence-corrected chi connectivity index (χ3v) is 6.45. The number of carbonyl (C=O) groups excluding carboxylic acids is 2. The van der Waals surface area contributed by atoms with Crippen molar-refractivity contribution >= 4 is 40.6 Å². The number of benzene rings is 2. The molecule has 0 saturated carbocycles. The summed E-state index contributed by atoms with van der Waals surface area (Å²) >= 11 is 12.0. The molecule has 2 aromatic rings. The number of amides is 2. The summed E-state index contributed by atoms with van der Waals surface area (Å²) in [6.07, 6.45) is 0.583. The first-order valence-electron chi connectivity index (χ1n) is 10.6. The van der Waals surface area contributed by atoms with E-state index in [1.54, 1.807) is 12.1 Å². The quantitative estimate of drug-likeness (QED) is 0.615. The number of hydrogen-bond acceptors (Lipinski definition) is 4. The molecule has 5 nitrogen and oxygen atoms in total. The molecule has 0 N–H and O–H groups in total. The first kappa shape index (κ1) is 21.9. The molecule has 0 spiro atoms. The Hall–Kier alpha value is -2.34. The molecule has 0 aliphatic carbocycles. The smallest absolute Gasteiger partial charge is 0.277 e. The predicted molar refractivity (Wildman–Crippen MR) is 124 cm³/mol. The van der Waals surface area contributed by atoms with Crippen LogP contribution in [0.1, 0.15) is 18.1 Å². The van der Waals surface area contributed by atoms with Crippen LogP contribution in [0.5, 0.6) is 0 Å². The van der Waals surface area contributed by atoms with Gasteiger partial charge in [0, 0.05) is 42.8 Å². The van der Waals surface area contributed by atoms with Crippen LogP contribution in [0.15, 0.2) is 54.2 Å². The number of halogens is 2. The van der Waals surface area contributed by atoms with Crippen LogP contribution in [-0.4, -0.2) is 65.8 Å². The van der Waals surface area contributed by atoms with E-state index in [9.17, 15) is 9.59 Å². The summed E-state index contributed by atoms with van der Waals surface area (Å²) in [7, 11) is 0. The third kappa shape index (κ3) is 4.64. The van der Waals surface area contributed by atoms with Crippen molar-refractivity contribution in [2.75, 3.05) is 39.3 Å². The van der Waals surface area contributed by atoms with Gasteiger partial charge >= 0.3 is 0 Å². The Bertz CT molecular complexity index is 994. The van der Waals surface area contributed by atoms with E-state index in [2.05, 4.69) is 16.7 Å². The van der Waals surface area contributed by atoms with Crippen molar-refractivity contribution in [2.45, 2.75) is 13.3 Å². The monoisotopic (exact) mass is 457 g/mol. The summed E-state index contributed by atoms with van der Waals surface area (Å²) in [5.41, 5.74) is 2.75. The van der Waals surface area contributed by atoms with Crippen LogP contribution in [0, 0.1) is 0 Å². The maximum atomic E-state index is 13.4. The summed E-state index contributed by atoms with van der Waals surface area (Å²) < 4.78 is 0. The van der Waals surface area contributed by atoms with Crippen LogP contribution in [0.3, 0.4) is 0 Å². The molecule has 1 saturated heterocycles. The minimum absolute atomic E-state index is 0.214. The third-order valence-electron chi connectivity index (χ3n) is 5.95. The molecule has 162 valence electrons. The fourth-order valence-corrected chi connectivity index (χ4v) is 4.37. The fourth-order valence-electron chi connectivity index (χ4n) is 4.12. The molecule has 2 aromatic carbocycles. The lowest BCUT2D eigenvalue weighted by atomic mass is 10.0. The van der Waals surface area contributed by atoms with Crippen LogP contribution < -0.4 is 0 Å². The Morgan fingerprint density at radius 1 is 0.806 bits per heavy atom. The maximum absolute atomic E-state index is 13.4. The van der Waals surface area contributed by atoms with E-state index in [4.69, 9.17) is 23.2 Å². The highest BCUT2D eigenvalue weighted by Gasteiger charge is 2.41. The maximum Gasteiger partial charge on any atom is 0.277 e. The molecule has 2 aliphatic rings. The summed E-state index contributed by atoms with van der Waals surface area (Å²) in [6, 6.07) is 14.6. The second kappa shape index (κ2) is 9.43. The van der Waals surface area contributed by atoms with Crippen LogP contribution in [0.4, 0.5) is 0 Å². The Labute approximate surface area is 192 Å². The average molecular weight is 458 g/mol. The van der Waals surface area contributed by atoms with Gasteiger partial charge in [-0.3, -0.25) is 14.5 Å². The molecule has 0 unspecified atom stereocenters. The standard InChI is InChI=1S/C24H25Cl2N3O2/c1-2-27-13-15-28(16-14-27)22-21(18-5-9-20(26)10-6-18)23(30)29(24(22)31)12-11-17-3-7-19(25)8-4-17/h3-10H,2,11-16H2,1H3. The Balaban J connectivity index is 1.61. The van der Waals surface area contributed by atoms with Crippen molar-refractivity contribution in [3.05, 3.63) is 75.4 Å². The number of piperazine rings is 1. The Morgan fingerprint density at radius 2 is 1.39 bits per heavy atom. The minimum atomic E-state index is -0.241. The predicted octanol–water partition coefficient (Wildman–Crippen LogP) is 3.95. The van der Waals surface area contributed by atoms with Gasteiger partial charge in [-0.2, -0.15) is 0 Å². The van der Waals surface area contributed by atoms with E-state index >= 15 is 0 Å². The molecule has 1 fully saturated rings. The van der Waals surface area contributed by atoms with Crippen LogP contribution in [-0.2, 0) is 16.0 Å². The first-order chi connectivity index (χ1) is 15.0. The van der Waals surface area contributed by atoms with Crippen LogP contribution in [0.25, 0.3) is 5.57 Å². The van der Waals surface area contributed by atoms with E-state index in [-0.39, 0.29) is 11.8 Å². The molecule has 2 aliphatic heterocycles. The Kier molecular flexibility index (Phi) is 6.65. The van der Waals surface area contributed by atoms with Gasteiger partial charge in [0.2, 0.25) is 0 Å². The molecule has 0 atom stereocenters. The lowest BCUT2D eigenvalue weighted by Gasteiger charge is -2.36. The van der Waals surface area contributed by atoms with Gasteiger partial charge in [0.1, 0.15) is 5.70 Å². The Morgan fingerprint density at radius 3 is 1.97 bits per heavy atom. The van der Waals surface area contributed by atoms with Crippen molar-refractivity contribution in [1.82, 2.24) is 14.7 Å². The van der Waals surface area contributed by atoms with Gasteiger partial charge in [-0.1, -0.05) is 54.4 Å². The van der Waals surface area contributed by atoms with Crippen LogP contribution in [0.2, 0.25) is 10.0 Å². The van der Waals surface area contributed by atoms with Gasteiger partial charge in [-0.05, 0) is 48.4 Å². The normalized spacial score (nSPS) is 17.8. The summed E-state index contributed by atoms with van der Waals surface area (Å²) in [5.74, 6) is -0.455. The average Bonchev–Trinajstić information content (AvgIpc) is 3.03. The first-order valence-corrected chi connectivity index (χ1v) is 11.3. The van der Waals surface area contributed by atoms with Crippen molar-refractivity contribution < 1.29 is 9.59 Å². The SMILES string of the molecule is CCN1CCN(C2=C(c3ccc(Cl)cc3)C(=O)N(CCc3ccc(Cl)cc3)C2=O)CC1. The van der Waals surface area contributed by atoms with Gasteiger partial charge in [0.25, 0.3) is 11.8 Å². The molecule has 0 aromatic heterocycles. The topological polar surface area (TPSA) is 43.9 Å². The molecule has 0 bridgehead atoms. The van der Waals surface area contributed by atoms with E-state index in [1.807, 2.05) is 36.4 Å². The number of hydrogen-bond donors (Lipinski definition) is 0. The lowest BCUT2D eigenvalue weighted by molar-refractivity contribution is -0.137. The summed E-state index contributed by atoms with van der Waals surface area (Å²) in [4.78, 5) is 32.6. The highest BCUT2D eigenvalue weighted by Crippen LogP contribution is 2.33. The number of imide groups is 1. The van der Waals surface area contributed by atoms with Gasteiger partial charge < -0.3 is 9.80 Å². The molecule has 0 radical (unpaired) electrons. The highest BCUT2D eigenvalue weighted by atomic mass is 35.5. The van der Waals surface area contributed by atoms with Gasteiger partial charge in [-0.25, -0.2) is 0 Å². The second-order valence-corrected chi connectivity index (χ2v) is 8.66. The van der Waals surface area contributed by atoms with Gasteiger partial charge in [0.05, 0.1) is 5.57 Å². The molecule has 2 heterocycles. The highest BCUT2D eigenvalue weighted by molar-refractivity contribution is 6.36. The van der Waals surface area contributed by atoms with E-state index in [1.165, 1.54) is 4.90 Å². The van der Waals surface area contributed by atoms with E-state index in [0.29, 0.717) is 34.3 Å². The van der Waals surface area contributed by atoms with Crippen molar-refractivity contribution in [3.63, 3.8) is 0 Å². The summed E-state index contributed by atoms with van der Waals surface area (Å²) in [5, 5.41) is 1.26. The summed E-state index contributed by atoms with van der Waals surface area (Å²) in [6.45, 7) is 6.65. The van der Waals surface area contributed by atoms with Crippen LogP contribution >= 0.6 is 23.2 Å². The largest absolute Gasteiger partial charge is 0.364 e. The molecule has 2 amide bonds. The fraction of sp³-hybridized carbons (Fsp3) is 0.333. The van der Waals surface area contributed by atoms with Crippen molar-refractivity contribution in [3.8, 4) is 0 Å². The van der Waals surface area contributed by atoms with Crippen molar-refractivity contribution in [1.29, 1.82) is 0 Å². The number of likely N-dealkylation sites (N-methyl/N-ethyl adjacent to an activating group) is 1. The zero-order valence-corrected chi connectivity index (χ0v) is 19.0. The number of carbonyl (C=O) groups is 2. The minimum Gasteiger partial charge on any atom is -0.364 e. The van der Waals surface area contributed by atoms with E-state index < -0.39 is 0 Å². The zero-order chi connectivity index (χ0) is 22.0. The van der Waals surface area contributed by atoms with Crippen molar-refractivity contribution in [2.24, 2.45) is 0 Å². The molecule has 4 rings (SSSR count). The second-order valence-electron chi connectivity index (χ2n) is 7.79. The molecule has 31 heavy (non-hydrogen) atoms. The molecule has 7 heteroatoms. The number of rotatable bonds is 6. The molecular weight excluding hydrogens is 433 g/mol. The van der Waals surface area contributed by atoms with Gasteiger partial charge in [0.15, 0.2) is 0 Å². The number of nitrogens with zero attached hydrogens (tertiary/aromatic N) is 3.